The summed E-state index contributed by atoms with van der Waals surface area (Å²) in [6, 6.07) is 5.92. The Balaban J connectivity index is 0.00000169. The van der Waals surface area contributed by atoms with Gasteiger partial charge in [0, 0.05) is 0 Å². The normalized spacial score (nSPS) is 9.00. The number of ether oxygens (including phenoxy) is 1. The summed E-state index contributed by atoms with van der Waals surface area (Å²) in [5, 5.41) is 0. The van der Waals surface area contributed by atoms with Crippen LogP contribution in [0.1, 0.15) is 25.0 Å². The molecule has 0 amide bonds. The van der Waals surface area contributed by atoms with Gasteiger partial charge in [-0.1, -0.05) is 26.0 Å². The van der Waals surface area contributed by atoms with Gasteiger partial charge in [0.15, 0.2) is 0 Å². The van der Waals surface area contributed by atoms with Crippen molar-refractivity contribution in [1.29, 1.82) is 0 Å². The van der Waals surface area contributed by atoms with Crippen molar-refractivity contribution in [3.8, 4) is 5.75 Å². The molecule has 0 aliphatic carbocycles. The molecule has 0 fully saturated rings. The van der Waals surface area contributed by atoms with Crippen LogP contribution >= 0.6 is 0 Å². The Bertz CT molecular complexity index is 297. The van der Waals surface area contributed by atoms with Crippen molar-refractivity contribution in [1.82, 2.24) is 0 Å². The van der Waals surface area contributed by atoms with Gasteiger partial charge >= 0.3 is 23.1 Å². The molecule has 1 aromatic carbocycles. The molecule has 1 aromatic rings. The lowest BCUT2D eigenvalue weighted by atomic mass is 10.1. The van der Waals surface area contributed by atoms with Crippen LogP contribution in [0, 0.1) is 0 Å². The summed E-state index contributed by atoms with van der Waals surface area (Å²) in [5.41, 5.74) is 2.36. The van der Waals surface area contributed by atoms with Crippen molar-refractivity contribution in [2.24, 2.45) is 0 Å². The lowest BCUT2D eigenvalue weighted by Gasteiger charge is -2.06. The molecule has 74 valence electrons. The topological polar surface area (TPSA) is 26.3 Å². The number of carbonyl (C=O) groups excluding carboxylic acids is 1. The largest absolute Gasteiger partial charge is 0.428 e. The van der Waals surface area contributed by atoms with E-state index in [-0.39, 0.29) is 23.1 Å². The van der Waals surface area contributed by atoms with E-state index in [9.17, 15) is 4.79 Å². The molecule has 1 rings (SSSR count). The Morgan fingerprint density at radius 1 is 1.29 bits per heavy atom. The van der Waals surface area contributed by atoms with Crippen molar-refractivity contribution in [2.75, 3.05) is 0 Å². The van der Waals surface area contributed by atoms with Crippen LogP contribution < -0.4 is 4.74 Å². The van der Waals surface area contributed by atoms with E-state index in [1.54, 1.807) is 0 Å². The summed E-state index contributed by atoms with van der Waals surface area (Å²) in [7, 11) is 0. The second-order valence-corrected chi connectivity index (χ2v) is 2.86. The molecule has 2 nitrogen and oxygen atoms in total. The fraction of sp³-hybridized carbons (Fsp3) is 0.364. The van der Waals surface area contributed by atoms with E-state index >= 15 is 0 Å². The van der Waals surface area contributed by atoms with Gasteiger partial charge in [-0.25, -0.2) is 0 Å². The van der Waals surface area contributed by atoms with Crippen LogP contribution in [0.4, 0.5) is 0 Å². The molecular formula is C11H16MgO2. The predicted octanol–water partition coefficient (Wildman–Crippen LogP) is 1.43. The Hall–Kier alpha value is -0.544. The third-order valence-corrected chi connectivity index (χ3v) is 2.09. The first kappa shape index (κ1) is 13.5. The van der Waals surface area contributed by atoms with E-state index in [0.717, 1.165) is 18.4 Å². The van der Waals surface area contributed by atoms with Crippen LogP contribution in [-0.4, -0.2) is 29.5 Å². The van der Waals surface area contributed by atoms with E-state index in [1.165, 1.54) is 5.56 Å². The number of hydrogen-bond donors (Lipinski definition) is 0. The van der Waals surface area contributed by atoms with E-state index in [0.29, 0.717) is 12.2 Å². The second kappa shape index (κ2) is 6.84. The number of benzene rings is 1. The smallest absolute Gasteiger partial charge is 0.316 e. The van der Waals surface area contributed by atoms with E-state index in [2.05, 4.69) is 13.0 Å². The number of aryl methyl sites for hydroxylation is 2. The van der Waals surface area contributed by atoms with Gasteiger partial charge in [0.2, 0.25) is 0 Å². The molecule has 0 N–H and O–H groups in total. The first-order valence-electron chi connectivity index (χ1n) is 4.53. The summed E-state index contributed by atoms with van der Waals surface area (Å²) in [6.45, 7) is 4.63. The van der Waals surface area contributed by atoms with E-state index in [1.807, 2.05) is 19.1 Å². The minimum atomic E-state index is 0. The van der Waals surface area contributed by atoms with Crippen molar-refractivity contribution in [2.45, 2.75) is 26.7 Å². The molecule has 0 aromatic heterocycles. The molecule has 0 atom stereocenters. The molecule has 3 heteroatoms. The Morgan fingerprint density at radius 2 is 2.00 bits per heavy atom. The van der Waals surface area contributed by atoms with Gasteiger partial charge in [-0.2, -0.15) is 0 Å². The summed E-state index contributed by atoms with van der Waals surface area (Å²) in [4.78, 5) is 10.2. The first-order chi connectivity index (χ1) is 6.31. The summed E-state index contributed by atoms with van der Waals surface area (Å²) in [5.74, 6) is 0.676. The molecule has 0 saturated carbocycles. The molecular weight excluding hydrogens is 188 g/mol. The number of hydrogen-bond acceptors (Lipinski definition) is 2. The van der Waals surface area contributed by atoms with Crippen molar-refractivity contribution in [3.63, 3.8) is 0 Å². The number of carbonyl (C=O) groups is 1. The highest BCUT2D eigenvalue weighted by Crippen LogP contribution is 2.20. The molecule has 0 unspecified atom stereocenters. The van der Waals surface area contributed by atoms with Crippen LogP contribution in [0.15, 0.2) is 18.2 Å². The van der Waals surface area contributed by atoms with Crippen molar-refractivity contribution in [3.05, 3.63) is 29.3 Å². The first-order valence-corrected chi connectivity index (χ1v) is 4.53. The van der Waals surface area contributed by atoms with Crippen molar-refractivity contribution >= 4 is 29.5 Å². The van der Waals surface area contributed by atoms with Gasteiger partial charge in [0.05, 0.1) is 0 Å². The molecule has 14 heavy (non-hydrogen) atoms. The average molecular weight is 205 g/mol. The maximum absolute atomic E-state index is 10.2. The summed E-state index contributed by atoms with van der Waals surface area (Å²) >= 11 is 0. The van der Waals surface area contributed by atoms with Gasteiger partial charge in [-0.15, -0.1) is 0 Å². The van der Waals surface area contributed by atoms with Gasteiger partial charge in [0.1, 0.15) is 5.75 Å². The maximum Gasteiger partial charge on any atom is 0.316 e. The highest BCUT2D eigenvalue weighted by Gasteiger charge is 2.01. The second-order valence-electron chi connectivity index (χ2n) is 2.86. The maximum atomic E-state index is 10.2. The standard InChI is InChI=1S/C11H14O2.Mg.2H/c1-3-9-5-6-11(13-8-12)10(4-2)7-9;;;/h5-8H,3-4H2,1-2H3;;;. The zero-order chi connectivity index (χ0) is 9.68. The van der Waals surface area contributed by atoms with Crippen LogP contribution in [0.2, 0.25) is 0 Å². The number of rotatable bonds is 4. The van der Waals surface area contributed by atoms with Crippen LogP contribution in [-0.2, 0) is 17.6 Å². The molecule has 0 spiro atoms. The Labute approximate surface area is 101 Å². The minimum Gasteiger partial charge on any atom is -0.428 e. The molecule has 0 heterocycles. The SMILES string of the molecule is CCc1ccc(OC=O)c(CC)c1.[MgH2]. The molecule has 0 saturated heterocycles. The minimum absolute atomic E-state index is 0. The van der Waals surface area contributed by atoms with Crippen LogP contribution in [0.25, 0.3) is 0 Å². The zero-order valence-corrected chi connectivity index (χ0v) is 8.04. The zero-order valence-electron chi connectivity index (χ0n) is 8.04. The molecule has 0 aliphatic rings. The van der Waals surface area contributed by atoms with E-state index in [4.69, 9.17) is 4.74 Å². The Kier molecular flexibility index (Phi) is 6.58. The third kappa shape index (κ3) is 3.31. The predicted molar refractivity (Wildman–Crippen MR) is 60.4 cm³/mol. The Morgan fingerprint density at radius 3 is 2.50 bits per heavy atom. The third-order valence-electron chi connectivity index (χ3n) is 2.09. The van der Waals surface area contributed by atoms with Crippen LogP contribution in [0.5, 0.6) is 5.75 Å². The molecule has 0 radical (unpaired) electrons. The fourth-order valence-electron chi connectivity index (χ4n) is 1.30. The summed E-state index contributed by atoms with van der Waals surface area (Å²) < 4.78 is 4.85. The quantitative estimate of drug-likeness (QED) is 0.548. The van der Waals surface area contributed by atoms with Crippen molar-refractivity contribution < 1.29 is 9.53 Å². The lowest BCUT2D eigenvalue weighted by Crippen LogP contribution is -1.95. The van der Waals surface area contributed by atoms with E-state index < -0.39 is 0 Å². The van der Waals surface area contributed by atoms with Gasteiger partial charge < -0.3 is 4.74 Å². The molecule has 0 aliphatic heterocycles. The molecule has 0 bridgehead atoms. The van der Waals surface area contributed by atoms with Gasteiger partial charge in [-0.05, 0) is 30.0 Å². The van der Waals surface area contributed by atoms with Crippen LogP contribution in [0.3, 0.4) is 0 Å². The van der Waals surface area contributed by atoms with Gasteiger partial charge in [0.25, 0.3) is 6.47 Å². The monoisotopic (exact) mass is 204 g/mol. The lowest BCUT2D eigenvalue weighted by molar-refractivity contribution is -0.120. The highest BCUT2D eigenvalue weighted by molar-refractivity contribution is 5.75. The average Bonchev–Trinajstić information content (AvgIpc) is 2.19. The summed E-state index contributed by atoms with van der Waals surface area (Å²) in [6.07, 6.45) is 1.89. The fourth-order valence-corrected chi connectivity index (χ4v) is 1.30. The van der Waals surface area contributed by atoms with Gasteiger partial charge in [-0.3, -0.25) is 4.79 Å². The highest BCUT2D eigenvalue weighted by atomic mass is 24.3.